The van der Waals surface area contributed by atoms with Gasteiger partial charge in [0.05, 0.1) is 6.20 Å². The van der Waals surface area contributed by atoms with Crippen molar-refractivity contribution in [1.29, 1.82) is 0 Å². The minimum atomic E-state index is -3.37. The molecule has 2 saturated heterocycles. The number of nitrogens with zero attached hydrogens (tertiary/aromatic N) is 3. The molecule has 3 heterocycles. The molecule has 7 heteroatoms. The third-order valence-electron chi connectivity index (χ3n) is 4.38. The third kappa shape index (κ3) is 2.89. The fourth-order valence-corrected chi connectivity index (χ4v) is 4.56. The van der Waals surface area contributed by atoms with Crippen molar-refractivity contribution in [2.75, 3.05) is 32.7 Å². The van der Waals surface area contributed by atoms with Gasteiger partial charge in [0.25, 0.3) is 10.0 Å². The van der Waals surface area contributed by atoms with E-state index in [1.807, 2.05) is 0 Å². The monoisotopic (exact) mass is 298 g/mol. The van der Waals surface area contributed by atoms with Gasteiger partial charge in [-0.05, 0) is 50.8 Å². The number of sulfonamides is 1. The number of hydrogen-bond donors (Lipinski definition) is 1. The van der Waals surface area contributed by atoms with Gasteiger partial charge in [0.15, 0.2) is 5.03 Å². The molecule has 2 aliphatic rings. The van der Waals surface area contributed by atoms with Crippen molar-refractivity contribution in [3.8, 4) is 0 Å². The molecule has 0 bridgehead atoms. The van der Waals surface area contributed by atoms with Gasteiger partial charge in [0.1, 0.15) is 0 Å². The summed E-state index contributed by atoms with van der Waals surface area (Å²) in [5.41, 5.74) is 0. The van der Waals surface area contributed by atoms with Gasteiger partial charge in [-0.2, -0.15) is 9.40 Å². The summed E-state index contributed by atoms with van der Waals surface area (Å²) < 4.78 is 26.3. The molecule has 20 heavy (non-hydrogen) atoms. The second-order valence-electron chi connectivity index (χ2n) is 5.78. The molecule has 3 rings (SSSR count). The van der Waals surface area contributed by atoms with Gasteiger partial charge in [-0.15, -0.1) is 0 Å². The lowest BCUT2D eigenvalue weighted by Gasteiger charge is -2.32. The quantitative estimate of drug-likeness (QED) is 0.897. The molecule has 0 saturated carbocycles. The van der Waals surface area contributed by atoms with Gasteiger partial charge in [-0.25, -0.2) is 8.42 Å². The van der Waals surface area contributed by atoms with Crippen LogP contribution in [0.4, 0.5) is 0 Å². The number of nitrogens with one attached hydrogen (secondary N) is 1. The second-order valence-corrected chi connectivity index (χ2v) is 7.68. The highest BCUT2D eigenvalue weighted by Gasteiger charge is 2.31. The first-order valence-corrected chi connectivity index (χ1v) is 8.82. The topological polar surface area (TPSA) is 69.3 Å². The molecule has 2 aliphatic heterocycles. The van der Waals surface area contributed by atoms with Crippen molar-refractivity contribution < 1.29 is 8.42 Å². The van der Waals surface area contributed by atoms with E-state index in [-0.39, 0.29) is 5.03 Å². The molecular weight excluding hydrogens is 276 g/mol. The summed E-state index contributed by atoms with van der Waals surface area (Å²) in [6.07, 6.45) is 6.03. The number of rotatable bonds is 4. The summed E-state index contributed by atoms with van der Waals surface area (Å²) in [5, 5.41) is 6.49. The van der Waals surface area contributed by atoms with Crippen LogP contribution < -0.4 is 0 Å². The molecule has 0 amide bonds. The van der Waals surface area contributed by atoms with E-state index in [1.165, 1.54) is 38.2 Å². The molecule has 0 spiro atoms. The minimum absolute atomic E-state index is 0.204. The number of likely N-dealkylation sites (tertiary alicyclic amines) is 1. The van der Waals surface area contributed by atoms with Crippen LogP contribution in [-0.2, 0) is 10.0 Å². The molecule has 1 aromatic rings. The van der Waals surface area contributed by atoms with Crippen molar-refractivity contribution in [1.82, 2.24) is 19.4 Å². The van der Waals surface area contributed by atoms with Crippen LogP contribution in [0.5, 0.6) is 0 Å². The predicted molar refractivity (Wildman–Crippen MR) is 75.7 cm³/mol. The van der Waals surface area contributed by atoms with Gasteiger partial charge in [-0.1, -0.05) is 0 Å². The van der Waals surface area contributed by atoms with Crippen LogP contribution in [0.3, 0.4) is 0 Å². The van der Waals surface area contributed by atoms with Crippen LogP contribution in [0.25, 0.3) is 0 Å². The fraction of sp³-hybridized carbons (Fsp3) is 0.769. The van der Waals surface area contributed by atoms with Crippen molar-refractivity contribution in [3.63, 3.8) is 0 Å². The summed E-state index contributed by atoms with van der Waals surface area (Å²) in [5.74, 6) is 0.640. The van der Waals surface area contributed by atoms with E-state index in [1.54, 1.807) is 4.31 Å². The Morgan fingerprint density at radius 3 is 2.50 bits per heavy atom. The van der Waals surface area contributed by atoms with Gasteiger partial charge in [-0.3, -0.25) is 5.10 Å². The molecule has 0 radical (unpaired) electrons. The second kappa shape index (κ2) is 5.83. The van der Waals surface area contributed by atoms with E-state index in [2.05, 4.69) is 15.1 Å². The fourth-order valence-electron chi connectivity index (χ4n) is 3.19. The molecule has 6 nitrogen and oxygen atoms in total. The zero-order valence-corrected chi connectivity index (χ0v) is 12.5. The largest absolute Gasteiger partial charge is 0.303 e. The van der Waals surface area contributed by atoms with E-state index in [4.69, 9.17) is 0 Å². The highest BCUT2D eigenvalue weighted by molar-refractivity contribution is 7.89. The van der Waals surface area contributed by atoms with Gasteiger partial charge in [0.2, 0.25) is 0 Å². The summed E-state index contributed by atoms with van der Waals surface area (Å²) in [6.45, 7) is 4.82. The summed E-state index contributed by atoms with van der Waals surface area (Å²) in [6, 6.07) is 1.52. The lowest BCUT2D eigenvalue weighted by Crippen LogP contribution is -2.41. The first-order chi connectivity index (χ1) is 9.66. The van der Waals surface area contributed by atoms with Crippen LogP contribution in [0.1, 0.15) is 25.7 Å². The van der Waals surface area contributed by atoms with Crippen LogP contribution in [0, 0.1) is 5.92 Å². The standard InChI is InChI=1S/C13H22N4O2S/c18-20(19,13-3-6-14-15-13)17-9-4-12(5-10-17)11-16-7-1-2-8-16/h3,6,12H,1-2,4-5,7-11H2,(H,14,15). The Bertz CT molecular complexity index is 515. The average Bonchev–Trinajstić information content (AvgIpc) is 3.12. The zero-order chi connectivity index (χ0) is 14.0. The lowest BCUT2D eigenvalue weighted by atomic mass is 9.98. The smallest absolute Gasteiger partial charge is 0.259 e. The lowest BCUT2D eigenvalue weighted by molar-refractivity contribution is 0.205. The summed E-state index contributed by atoms with van der Waals surface area (Å²) in [4.78, 5) is 2.52. The Hall–Kier alpha value is -0.920. The van der Waals surface area contributed by atoms with Crippen molar-refractivity contribution in [2.45, 2.75) is 30.7 Å². The maximum Gasteiger partial charge on any atom is 0.259 e. The van der Waals surface area contributed by atoms with Gasteiger partial charge in [0, 0.05) is 19.6 Å². The molecule has 0 unspecified atom stereocenters. The minimum Gasteiger partial charge on any atom is -0.303 e. The van der Waals surface area contributed by atoms with Crippen LogP contribution in [-0.4, -0.2) is 60.5 Å². The molecule has 0 aliphatic carbocycles. The van der Waals surface area contributed by atoms with E-state index in [9.17, 15) is 8.42 Å². The molecular formula is C13H22N4O2S. The number of H-pyrrole nitrogens is 1. The SMILES string of the molecule is O=S(=O)(c1ccn[nH]1)N1CCC(CN2CCCC2)CC1. The van der Waals surface area contributed by atoms with Crippen LogP contribution in [0.15, 0.2) is 17.3 Å². The zero-order valence-electron chi connectivity index (χ0n) is 11.7. The van der Waals surface area contributed by atoms with Gasteiger partial charge < -0.3 is 4.90 Å². The van der Waals surface area contributed by atoms with E-state index in [0.29, 0.717) is 19.0 Å². The number of aromatic nitrogens is 2. The highest BCUT2D eigenvalue weighted by Crippen LogP contribution is 2.24. The normalized spacial score (nSPS) is 23.4. The third-order valence-corrected chi connectivity index (χ3v) is 6.21. The molecule has 1 aromatic heterocycles. The number of aromatic amines is 1. The Balaban J connectivity index is 1.55. The molecule has 0 atom stereocenters. The molecule has 112 valence electrons. The van der Waals surface area contributed by atoms with E-state index >= 15 is 0 Å². The Morgan fingerprint density at radius 2 is 1.90 bits per heavy atom. The van der Waals surface area contributed by atoms with Crippen LogP contribution in [0.2, 0.25) is 0 Å². The van der Waals surface area contributed by atoms with E-state index < -0.39 is 10.0 Å². The van der Waals surface area contributed by atoms with Crippen LogP contribution >= 0.6 is 0 Å². The average molecular weight is 298 g/mol. The van der Waals surface area contributed by atoms with E-state index in [0.717, 1.165) is 19.4 Å². The summed E-state index contributed by atoms with van der Waals surface area (Å²) >= 11 is 0. The van der Waals surface area contributed by atoms with Crippen molar-refractivity contribution in [3.05, 3.63) is 12.3 Å². The Labute approximate surface area is 120 Å². The number of hydrogen-bond acceptors (Lipinski definition) is 4. The maximum absolute atomic E-state index is 12.3. The highest BCUT2D eigenvalue weighted by atomic mass is 32.2. The first-order valence-electron chi connectivity index (χ1n) is 7.38. The predicted octanol–water partition coefficient (Wildman–Crippen LogP) is 0.906. The summed E-state index contributed by atoms with van der Waals surface area (Å²) in [7, 11) is -3.37. The Kier molecular flexibility index (Phi) is 4.09. The first kappa shape index (κ1) is 14.0. The molecule has 0 aromatic carbocycles. The van der Waals surface area contributed by atoms with Crippen molar-refractivity contribution in [2.24, 2.45) is 5.92 Å². The van der Waals surface area contributed by atoms with Gasteiger partial charge >= 0.3 is 0 Å². The maximum atomic E-state index is 12.3. The number of piperidine rings is 1. The molecule has 1 N–H and O–H groups in total. The molecule has 2 fully saturated rings. The Morgan fingerprint density at radius 1 is 1.20 bits per heavy atom. The van der Waals surface area contributed by atoms with Crippen molar-refractivity contribution >= 4 is 10.0 Å².